The summed E-state index contributed by atoms with van der Waals surface area (Å²) in [6.07, 6.45) is 0.782. The first-order valence-corrected chi connectivity index (χ1v) is 5.59. The lowest BCUT2D eigenvalue weighted by Crippen LogP contribution is -2.53. The highest BCUT2D eigenvalue weighted by molar-refractivity contribution is 6.32. The van der Waals surface area contributed by atoms with Crippen molar-refractivity contribution in [3.05, 3.63) is 28.8 Å². The van der Waals surface area contributed by atoms with Crippen LogP contribution >= 0.6 is 11.6 Å². The molecule has 0 spiro atoms. The Kier molecular flexibility index (Phi) is 3.21. The van der Waals surface area contributed by atoms with Crippen LogP contribution in [-0.2, 0) is 9.53 Å². The molecule has 1 fully saturated rings. The van der Waals surface area contributed by atoms with Gasteiger partial charge in [0.15, 0.2) is 0 Å². The molecule has 1 aliphatic rings. The number of carbonyl (C=O) groups excluding carboxylic acids is 1. The third kappa shape index (κ3) is 2.06. The summed E-state index contributed by atoms with van der Waals surface area (Å²) in [4.78, 5) is 13.4. The maximum Gasteiger partial charge on any atom is 0.328 e. The summed E-state index contributed by atoms with van der Waals surface area (Å²) in [6, 6.07) is 6.92. The fraction of sp³-hybridized carbons (Fsp3) is 0.333. The van der Waals surface area contributed by atoms with Crippen LogP contribution in [0, 0.1) is 11.3 Å². The van der Waals surface area contributed by atoms with Crippen molar-refractivity contribution < 1.29 is 9.53 Å². The normalized spacial score (nSPS) is 18.2. The van der Waals surface area contributed by atoms with Crippen molar-refractivity contribution in [2.75, 3.05) is 18.6 Å². The Balaban J connectivity index is 2.22. The van der Waals surface area contributed by atoms with Crippen molar-refractivity contribution in [3.63, 3.8) is 0 Å². The van der Waals surface area contributed by atoms with E-state index < -0.39 is 0 Å². The lowest BCUT2D eigenvalue weighted by Gasteiger charge is -2.40. The van der Waals surface area contributed by atoms with Crippen molar-refractivity contribution in [1.82, 2.24) is 0 Å². The topological polar surface area (TPSA) is 53.3 Å². The highest BCUT2D eigenvalue weighted by Gasteiger charge is 2.35. The number of nitrogens with zero attached hydrogens (tertiary/aromatic N) is 2. The van der Waals surface area contributed by atoms with Gasteiger partial charge in [-0.2, -0.15) is 5.26 Å². The van der Waals surface area contributed by atoms with Crippen LogP contribution in [0.25, 0.3) is 0 Å². The molecule has 1 aliphatic heterocycles. The minimum atomic E-state index is -0.239. The molecule has 0 amide bonds. The predicted molar refractivity (Wildman–Crippen MR) is 63.9 cm³/mol. The number of benzene rings is 1. The van der Waals surface area contributed by atoms with E-state index in [9.17, 15) is 4.79 Å². The van der Waals surface area contributed by atoms with Crippen LogP contribution in [0.4, 0.5) is 5.69 Å². The number of rotatable bonds is 2. The van der Waals surface area contributed by atoms with Gasteiger partial charge in [-0.1, -0.05) is 11.6 Å². The Hall–Kier alpha value is -1.73. The van der Waals surface area contributed by atoms with Gasteiger partial charge in [-0.15, -0.1) is 0 Å². The summed E-state index contributed by atoms with van der Waals surface area (Å²) >= 11 is 5.95. The third-order valence-electron chi connectivity index (χ3n) is 2.90. The van der Waals surface area contributed by atoms with Crippen LogP contribution in [0.2, 0.25) is 5.02 Å². The Morgan fingerprint density at radius 1 is 1.65 bits per heavy atom. The van der Waals surface area contributed by atoms with E-state index in [-0.39, 0.29) is 12.0 Å². The maximum absolute atomic E-state index is 11.4. The highest BCUT2D eigenvalue weighted by Crippen LogP contribution is 2.30. The Morgan fingerprint density at radius 2 is 2.41 bits per heavy atom. The van der Waals surface area contributed by atoms with Gasteiger partial charge in [-0.05, 0) is 24.6 Å². The first kappa shape index (κ1) is 11.7. The van der Waals surface area contributed by atoms with E-state index >= 15 is 0 Å². The molecule has 1 saturated heterocycles. The fourth-order valence-electron chi connectivity index (χ4n) is 1.85. The largest absolute Gasteiger partial charge is 0.467 e. The summed E-state index contributed by atoms with van der Waals surface area (Å²) in [5, 5.41) is 9.18. The van der Waals surface area contributed by atoms with E-state index in [4.69, 9.17) is 21.6 Å². The number of hydrogen-bond acceptors (Lipinski definition) is 4. The lowest BCUT2D eigenvalue weighted by molar-refractivity contribution is -0.143. The molecule has 1 aromatic carbocycles. The quantitative estimate of drug-likeness (QED) is 0.753. The molecule has 0 aliphatic carbocycles. The van der Waals surface area contributed by atoms with Gasteiger partial charge in [0.1, 0.15) is 12.1 Å². The number of nitriles is 1. The molecule has 1 aromatic rings. The number of methoxy groups -OCH3 is 1. The molecule has 0 radical (unpaired) electrons. The molecule has 5 heteroatoms. The van der Waals surface area contributed by atoms with E-state index in [1.165, 1.54) is 7.11 Å². The van der Waals surface area contributed by atoms with Gasteiger partial charge in [0.2, 0.25) is 0 Å². The van der Waals surface area contributed by atoms with E-state index in [1.54, 1.807) is 18.2 Å². The Morgan fingerprint density at radius 3 is 2.88 bits per heavy atom. The standard InChI is InChI=1S/C12H11ClN2O2/c1-17-12(16)11-4-5-15(11)9-3-2-8(7-14)10(13)6-9/h2-3,6,11H,4-5H2,1H3. The average molecular weight is 251 g/mol. The third-order valence-corrected chi connectivity index (χ3v) is 3.21. The molecule has 4 nitrogen and oxygen atoms in total. The number of esters is 1. The van der Waals surface area contributed by atoms with Crippen LogP contribution in [0.3, 0.4) is 0 Å². The number of anilines is 1. The van der Waals surface area contributed by atoms with Gasteiger partial charge in [0.05, 0.1) is 17.7 Å². The first-order chi connectivity index (χ1) is 8.17. The second-order valence-corrected chi connectivity index (χ2v) is 4.20. The van der Waals surface area contributed by atoms with Crippen molar-refractivity contribution in [2.45, 2.75) is 12.5 Å². The molecule has 88 valence electrons. The van der Waals surface area contributed by atoms with Crippen molar-refractivity contribution in [3.8, 4) is 6.07 Å². The van der Waals surface area contributed by atoms with Gasteiger partial charge >= 0.3 is 5.97 Å². The van der Waals surface area contributed by atoms with E-state index in [0.717, 1.165) is 18.7 Å². The summed E-state index contributed by atoms with van der Waals surface area (Å²) < 4.78 is 4.72. The minimum Gasteiger partial charge on any atom is -0.467 e. The molecule has 0 saturated carbocycles. The van der Waals surface area contributed by atoms with Gasteiger partial charge in [-0.3, -0.25) is 0 Å². The van der Waals surface area contributed by atoms with Crippen LogP contribution in [-0.4, -0.2) is 25.7 Å². The first-order valence-electron chi connectivity index (χ1n) is 5.21. The van der Waals surface area contributed by atoms with Crippen LogP contribution in [0.5, 0.6) is 0 Å². The average Bonchev–Trinajstić information content (AvgIpc) is 2.27. The number of ether oxygens (including phenoxy) is 1. The highest BCUT2D eigenvalue weighted by atomic mass is 35.5. The Labute approximate surface area is 104 Å². The van der Waals surface area contributed by atoms with E-state index in [2.05, 4.69) is 0 Å². The van der Waals surface area contributed by atoms with Gasteiger partial charge in [0.25, 0.3) is 0 Å². The van der Waals surface area contributed by atoms with Crippen molar-refractivity contribution in [1.29, 1.82) is 5.26 Å². The molecule has 1 unspecified atom stereocenters. The molecule has 2 rings (SSSR count). The molecule has 1 heterocycles. The van der Waals surface area contributed by atoms with Gasteiger partial charge in [-0.25, -0.2) is 4.79 Å². The zero-order valence-electron chi connectivity index (χ0n) is 9.31. The zero-order chi connectivity index (χ0) is 12.4. The maximum atomic E-state index is 11.4. The molecule has 0 bridgehead atoms. The Bertz CT molecular complexity index is 496. The smallest absolute Gasteiger partial charge is 0.328 e. The second kappa shape index (κ2) is 4.64. The lowest BCUT2D eigenvalue weighted by atomic mass is 10.0. The van der Waals surface area contributed by atoms with Crippen LogP contribution in [0.15, 0.2) is 18.2 Å². The predicted octanol–water partition coefficient (Wildman–Crippen LogP) is 1.96. The van der Waals surface area contributed by atoms with Gasteiger partial charge < -0.3 is 9.64 Å². The number of hydrogen-bond donors (Lipinski definition) is 0. The summed E-state index contributed by atoms with van der Waals surface area (Å²) in [5.41, 5.74) is 1.28. The number of halogens is 1. The van der Waals surface area contributed by atoms with E-state index in [1.807, 2.05) is 11.0 Å². The summed E-state index contributed by atoms with van der Waals surface area (Å²) in [5.74, 6) is -0.239. The van der Waals surface area contributed by atoms with E-state index in [0.29, 0.717) is 10.6 Å². The van der Waals surface area contributed by atoms with Crippen molar-refractivity contribution in [2.24, 2.45) is 0 Å². The molecule has 0 aromatic heterocycles. The SMILES string of the molecule is COC(=O)C1CCN1c1ccc(C#N)c(Cl)c1. The minimum absolute atomic E-state index is 0.232. The molecular weight excluding hydrogens is 240 g/mol. The summed E-state index contributed by atoms with van der Waals surface area (Å²) in [7, 11) is 1.38. The van der Waals surface area contributed by atoms with Gasteiger partial charge in [0, 0.05) is 12.2 Å². The fourth-order valence-corrected chi connectivity index (χ4v) is 2.07. The van der Waals surface area contributed by atoms with Crippen LogP contribution < -0.4 is 4.90 Å². The zero-order valence-corrected chi connectivity index (χ0v) is 10.1. The molecule has 17 heavy (non-hydrogen) atoms. The summed E-state index contributed by atoms with van der Waals surface area (Å²) in [6.45, 7) is 0.794. The molecular formula is C12H11ClN2O2. The van der Waals surface area contributed by atoms with Crippen LogP contribution in [0.1, 0.15) is 12.0 Å². The molecule has 1 atom stereocenters. The van der Waals surface area contributed by atoms with Crippen molar-refractivity contribution >= 4 is 23.3 Å². The number of carbonyl (C=O) groups is 1. The second-order valence-electron chi connectivity index (χ2n) is 3.80. The monoisotopic (exact) mass is 250 g/mol. The molecule has 0 N–H and O–H groups in total.